The molecular weight excluding hydrogens is 274 g/mol. The third-order valence-electron chi connectivity index (χ3n) is 2.73. The van der Waals surface area contributed by atoms with Crippen molar-refractivity contribution in [2.45, 2.75) is 19.4 Å². The van der Waals surface area contributed by atoms with Gasteiger partial charge in [0.2, 0.25) is 5.91 Å². The van der Waals surface area contributed by atoms with E-state index in [1.807, 2.05) is 0 Å². The number of carbonyl (C=O) groups is 3. The molecule has 114 valence electrons. The van der Waals surface area contributed by atoms with Gasteiger partial charge in [-0.3, -0.25) is 9.59 Å². The van der Waals surface area contributed by atoms with Gasteiger partial charge in [-0.25, -0.2) is 4.79 Å². The lowest BCUT2D eigenvalue weighted by Gasteiger charge is -2.23. The third kappa shape index (κ3) is 4.79. The molecule has 0 aliphatic carbocycles. The molecule has 0 fully saturated rings. The average molecular weight is 293 g/mol. The van der Waals surface area contributed by atoms with Crippen molar-refractivity contribution >= 4 is 23.5 Å². The molecule has 0 bridgehead atoms. The Kier molecular flexibility index (Phi) is 5.29. The Bertz CT molecular complexity index is 538. The average Bonchev–Trinajstić information content (AvgIpc) is 2.44. The van der Waals surface area contributed by atoms with Gasteiger partial charge in [0.25, 0.3) is 5.91 Å². The summed E-state index contributed by atoms with van der Waals surface area (Å²) in [6, 6.07) is 6.30. The van der Waals surface area contributed by atoms with Gasteiger partial charge in [0.1, 0.15) is 5.54 Å². The third-order valence-corrected chi connectivity index (χ3v) is 2.73. The van der Waals surface area contributed by atoms with Crippen LogP contribution in [0.4, 0.5) is 5.69 Å². The molecule has 0 saturated heterocycles. The second kappa shape index (κ2) is 6.74. The quantitative estimate of drug-likeness (QED) is 0.525. The summed E-state index contributed by atoms with van der Waals surface area (Å²) >= 11 is 0. The number of hydrogen-bond acceptors (Lipinski definition) is 5. The minimum absolute atomic E-state index is 0.246. The van der Waals surface area contributed by atoms with Gasteiger partial charge in [-0.2, -0.15) is 0 Å². The molecule has 7 nitrogen and oxygen atoms in total. The number of nitrogens with one attached hydrogen (secondary N) is 2. The molecule has 0 unspecified atom stereocenters. The van der Waals surface area contributed by atoms with Gasteiger partial charge < -0.3 is 21.1 Å². The highest BCUT2D eigenvalue weighted by molar-refractivity contribution is 5.97. The molecular formula is C14H19N3O4. The number of rotatable bonds is 5. The molecule has 0 atom stereocenters. The van der Waals surface area contributed by atoms with Crippen molar-refractivity contribution in [1.82, 2.24) is 10.6 Å². The Hall–Kier alpha value is -2.57. The number of esters is 1. The van der Waals surface area contributed by atoms with Gasteiger partial charge in [0.15, 0.2) is 0 Å². The smallest absolute Gasteiger partial charge is 0.330 e. The lowest BCUT2D eigenvalue weighted by molar-refractivity contribution is -0.149. The summed E-state index contributed by atoms with van der Waals surface area (Å²) in [5.41, 5.74) is 5.30. The van der Waals surface area contributed by atoms with E-state index >= 15 is 0 Å². The second-order valence-corrected chi connectivity index (χ2v) is 4.97. The molecule has 0 aliphatic rings. The first-order chi connectivity index (χ1) is 9.76. The monoisotopic (exact) mass is 293 g/mol. The zero-order valence-corrected chi connectivity index (χ0v) is 12.2. The fraction of sp³-hybridized carbons (Fsp3) is 0.357. The number of nitrogen functional groups attached to an aromatic ring is 1. The fourth-order valence-electron chi connectivity index (χ4n) is 1.60. The first-order valence-electron chi connectivity index (χ1n) is 6.29. The van der Waals surface area contributed by atoms with Crippen LogP contribution in [-0.4, -0.2) is 37.0 Å². The van der Waals surface area contributed by atoms with Gasteiger partial charge >= 0.3 is 5.97 Å². The van der Waals surface area contributed by atoms with E-state index in [0.29, 0.717) is 11.3 Å². The van der Waals surface area contributed by atoms with Crippen LogP contribution >= 0.6 is 0 Å². The van der Waals surface area contributed by atoms with Crippen LogP contribution in [0.3, 0.4) is 0 Å². The highest BCUT2D eigenvalue weighted by atomic mass is 16.5. The summed E-state index contributed by atoms with van der Waals surface area (Å²) in [6.07, 6.45) is 0. The SMILES string of the molecule is COC(=O)C(C)(C)NC(=O)CNC(=O)c1ccc(N)cc1. The summed E-state index contributed by atoms with van der Waals surface area (Å²) in [6.45, 7) is 2.78. The standard InChI is InChI=1S/C14H19N3O4/c1-14(2,13(20)21-3)17-11(18)8-16-12(19)9-4-6-10(15)7-5-9/h4-7H,8,15H2,1-3H3,(H,16,19)(H,17,18). The fourth-order valence-corrected chi connectivity index (χ4v) is 1.60. The number of nitrogens with two attached hydrogens (primary N) is 1. The molecule has 0 aliphatic heterocycles. The Morgan fingerprint density at radius 2 is 1.76 bits per heavy atom. The summed E-state index contributed by atoms with van der Waals surface area (Å²) in [5, 5.41) is 4.93. The van der Waals surface area contributed by atoms with E-state index in [1.54, 1.807) is 24.3 Å². The van der Waals surface area contributed by atoms with Crippen LogP contribution in [0.5, 0.6) is 0 Å². The highest BCUT2D eigenvalue weighted by Gasteiger charge is 2.30. The van der Waals surface area contributed by atoms with E-state index < -0.39 is 23.3 Å². The number of carbonyl (C=O) groups excluding carboxylic acids is 3. The van der Waals surface area contributed by atoms with Crippen LogP contribution in [0.2, 0.25) is 0 Å². The molecule has 1 rings (SSSR count). The van der Waals surface area contributed by atoms with Crippen LogP contribution in [-0.2, 0) is 14.3 Å². The molecule has 4 N–H and O–H groups in total. The van der Waals surface area contributed by atoms with Crippen molar-refractivity contribution in [2.24, 2.45) is 0 Å². The maximum atomic E-state index is 11.8. The molecule has 0 heterocycles. The second-order valence-electron chi connectivity index (χ2n) is 4.97. The van der Waals surface area contributed by atoms with Gasteiger partial charge in [0, 0.05) is 11.3 Å². The minimum Gasteiger partial charge on any atom is -0.467 e. The minimum atomic E-state index is -1.16. The predicted octanol–water partition coefficient (Wildman–Crippen LogP) is 0.0664. The van der Waals surface area contributed by atoms with Crippen molar-refractivity contribution in [3.05, 3.63) is 29.8 Å². The molecule has 0 aromatic heterocycles. The number of benzene rings is 1. The Morgan fingerprint density at radius 3 is 2.29 bits per heavy atom. The predicted molar refractivity (Wildman–Crippen MR) is 77.4 cm³/mol. The lowest BCUT2D eigenvalue weighted by Crippen LogP contribution is -2.52. The molecule has 1 aromatic rings. The largest absolute Gasteiger partial charge is 0.467 e. The molecule has 7 heteroatoms. The Morgan fingerprint density at radius 1 is 1.19 bits per heavy atom. The van der Waals surface area contributed by atoms with Crippen molar-refractivity contribution in [1.29, 1.82) is 0 Å². The number of anilines is 1. The number of hydrogen-bond donors (Lipinski definition) is 3. The molecule has 2 amide bonds. The number of amides is 2. The van der Waals surface area contributed by atoms with E-state index in [1.165, 1.54) is 21.0 Å². The van der Waals surface area contributed by atoms with Crippen molar-refractivity contribution < 1.29 is 19.1 Å². The molecule has 21 heavy (non-hydrogen) atoms. The van der Waals surface area contributed by atoms with Crippen LogP contribution in [0, 0.1) is 0 Å². The zero-order valence-electron chi connectivity index (χ0n) is 12.2. The van der Waals surface area contributed by atoms with Crippen LogP contribution < -0.4 is 16.4 Å². The summed E-state index contributed by atoms with van der Waals surface area (Å²) in [5.74, 6) is -1.46. The van der Waals surface area contributed by atoms with Crippen molar-refractivity contribution in [3.63, 3.8) is 0 Å². The first kappa shape index (κ1) is 16.5. The van der Waals surface area contributed by atoms with Crippen LogP contribution in [0.15, 0.2) is 24.3 Å². The summed E-state index contributed by atoms with van der Waals surface area (Å²) in [4.78, 5) is 34.9. The van der Waals surface area contributed by atoms with E-state index in [9.17, 15) is 14.4 Å². The normalized spacial score (nSPS) is 10.6. The van der Waals surface area contributed by atoms with Gasteiger partial charge in [-0.05, 0) is 38.1 Å². The molecule has 0 spiro atoms. The molecule has 0 saturated carbocycles. The van der Waals surface area contributed by atoms with E-state index in [2.05, 4.69) is 15.4 Å². The zero-order chi connectivity index (χ0) is 16.0. The highest BCUT2D eigenvalue weighted by Crippen LogP contribution is 2.05. The van der Waals surface area contributed by atoms with Gasteiger partial charge in [0.05, 0.1) is 13.7 Å². The van der Waals surface area contributed by atoms with E-state index in [4.69, 9.17) is 5.73 Å². The first-order valence-corrected chi connectivity index (χ1v) is 6.29. The maximum Gasteiger partial charge on any atom is 0.330 e. The number of methoxy groups -OCH3 is 1. The van der Waals surface area contributed by atoms with Crippen molar-refractivity contribution in [2.75, 3.05) is 19.4 Å². The topological polar surface area (TPSA) is 111 Å². The number of ether oxygens (including phenoxy) is 1. The van der Waals surface area contributed by atoms with Gasteiger partial charge in [-0.15, -0.1) is 0 Å². The summed E-state index contributed by atoms with van der Waals surface area (Å²) < 4.78 is 4.57. The van der Waals surface area contributed by atoms with Crippen LogP contribution in [0.25, 0.3) is 0 Å². The van der Waals surface area contributed by atoms with Gasteiger partial charge in [-0.1, -0.05) is 0 Å². The lowest BCUT2D eigenvalue weighted by atomic mass is 10.1. The molecule has 0 radical (unpaired) electrons. The molecule has 1 aromatic carbocycles. The van der Waals surface area contributed by atoms with E-state index in [0.717, 1.165) is 0 Å². The van der Waals surface area contributed by atoms with Crippen molar-refractivity contribution in [3.8, 4) is 0 Å². The summed E-state index contributed by atoms with van der Waals surface area (Å²) in [7, 11) is 1.24. The van der Waals surface area contributed by atoms with E-state index in [-0.39, 0.29) is 6.54 Å². The maximum absolute atomic E-state index is 11.8. The Balaban J connectivity index is 2.51. The Labute approximate surface area is 122 Å². The van der Waals surface area contributed by atoms with Crippen LogP contribution in [0.1, 0.15) is 24.2 Å².